The van der Waals surface area contributed by atoms with E-state index in [1.807, 2.05) is 5.32 Å². The molecule has 0 fully saturated rings. The third kappa shape index (κ3) is 21.4. The van der Waals surface area contributed by atoms with Crippen LogP contribution in [-0.2, 0) is 57.5 Å². The first kappa shape index (κ1) is 55.9. The molecule has 0 radical (unpaired) electrons. The van der Waals surface area contributed by atoms with Crippen LogP contribution in [0.3, 0.4) is 0 Å². The maximum absolute atomic E-state index is 13.6. The maximum Gasteiger partial charge on any atom is 0.326 e. The fraction of sp³-hybridized carbons (Fsp3) is 0.657. The predicted octanol–water partition coefficient (Wildman–Crippen LogP) is -4.72. The molecule has 0 rings (SSSR count). The van der Waals surface area contributed by atoms with Gasteiger partial charge in [-0.25, -0.2) is 4.79 Å². The van der Waals surface area contributed by atoms with E-state index in [0.717, 1.165) is 6.92 Å². The van der Waals surface area contributed by atoms with Gasteiger partial charge in [0.1, 0.15) is 42.3 Å². The molecule has 26 nitrogen and oxygen atoms in total. The number of amides is 7. The molecule has 0 aliphatic rings. The summed E-state index contributed by atoms with van der Waals surface area (Å²) in [5.74, 6) is -15.8. The van der Waals surface area contributed by atoms with Gasteiger partial charge in [0.05, 0.1) is 25.0 Å². The fourth-order valence-electron chi connectivity index (χ4n) is 5.16. The summed E-state index contributed by atoms with van der Waals surface area (Å²) in [6, 6.07) is -13.2. The molecular weight excluding hydrogens is 852 g/mol. The third-order valence-corrected chi connectivity index (χ3v) is 9.23. The van der Waals surface area contributed by atoms with E-state index < -0.39 is 170 Å². The van der Waals surface area contributed by atoms with Crippen LogP contribution < -0.4 is 43.0 Å². The molecule has 0 aliphatic heterocycles. The lowest BCUT2D eigenvalue weighted by atomic mass is 10.0. The summed E-state index contributed by atoms with van der Waals surface area (Å²) in [6.07, 6.45) is -4.49. The van der Waals surface area contributed by atoms with E-state index >= 15 is 0 Å². The van der Waals surface area contributed by atoms with Crippen LogP contribution >= 0.6 is 11.8 Å². The predicted molar refractivity (Wildman–Crippen MR) is 213 cm³/mol. The van der Waals surface area contributed by atoms with Crippen molar-refractivity contribution in [2.45, 2.75) is 127 Å². The SMILES string of the molecule is CSCC[C@H](NC(=O)[C@H](C)NC(=O)[C@@H](NC(=O)[C@@H](N)CC(=O)O)[C@@H](C)O)C(=O)N[C@@H](CCC(=O)O)C(=O)N[C@@H](CCC(=O)O)C(=O)N[C@H](C(=O)N[C@@H](CC(=O)O)C(=O)O)C(C)C. The van der Waals surface area contributed by atoms with Gasteiger partial charge in [0.15, 0.2) is 0 Å². The smallest absolute Gasteiger partial charge is 0.326 e. The highest BCUT2D eigenvalue weighted by Crippen LogP contribution is 2.10. The molecule has 0 saturated heterocycles. The molecule has 0 aromatic rings. The number of nitrogens with two attached hydrogens (primary N) is 1. The molecule has 7 amide bonds. The normalized spacial score (nSPS) is 15.3. The van der Waals surface area contributed by atoms with Gasteiger partial charge in [0, 0.05) is 12.8 Å². The van der Waals surface area contributed by atoms with Gasteiger partial charge < -0.3 is 73.6 Å². The topological polar surface area (TPSA) is 436 Å². The van der Waals surface area contributed by atoms with Crippen molar-refractivity contribution in [1.29, 1.82) is 0 Å². The lowest BCUT2D eigenvalue weighted by Crippen LogP contribution is -2.61. The molecular formula is C35H56N8O18S. The van der Waals surface area contributed by atoms with Gasteiger partial charge in [-0.05, 0) is 51.0 Å². The van der Waals surface area contributed by atoms with Gasteiger partial charge >= 0.3 is 29.8 Å². The van der Waals surface area contributed by atoms with E-state index in [4.69, 9.17) is 15.9 Å². The average Bonchev–Trinajstić information content (AvgIpc) is 3.15. The number of carbonyl (C=O) groups is 12. The van der Waals surface area contributed by atoms with Crippen molar-refractivity contribution in [3.8, 4) is 0 Å². The quantitative estimate of drug-likeness (QED) is 0.0322. The molecule has 9 atom stereocenters. The van der Waals surface area contributed by atoms with E-state index in [1.165, 1.54) is 32.5 Å². The Kier molecular flexibility index (Phi) is 25.0. The molecule has 27 heteroatoms. The highest BCUT2D eigenvalue weighted by atomic mass is 32.2. The Labute approximate surface area is 358 Å². The molecule has 0 unspecified atom stereocenters. The number of hydrogen-bond acceptors (Lipinski definition) is 15. The molecule has 0 heterocycles. The van der Waals surface area contributed by atoms with Crippen LogP contribution in [-0.4, -0.2) is 168 Å². The van der Waals surface area contributed by atoms with Crippen molar-refractivity contribution in [3.05, 3.63) is 0 Å². The minimum atomic E-state index is -1.90. The molecule has 0 aliphatic carbocycles. The number of carbonyl (C=O) groups excluding carboxylic acids is 7. The van der Waals surface area contributed by atoms with Crippen molar-refractivity contribution < 1.29 is 88.2 Å². The minimum absolute atomic E-state index is 0.0992. The second-order valence-electron chi connectivity index (χ2n) is 14.2. The van der Waals surface area contributed by atoms with Crippen molar-refractivity contribution in [2.24, 2.45) is 11.7 Å². The van der Waals surface area contributed by atoms with Gasteiger partial charge in [-0.1, -0.05) is 13.8 Å². The Hall–Kier alpha value is -6.09. The summed E-state index contributed by atoms with van der Waals surface area (Å²) in [5.41, 5.74) is 5.51. The van der Waals surface area contributed by atoms with E-state index in [9.17, 15) is 78.0 Å². The van der Waals surface area contributed by atoms with Gasteiger partial charge in [-0.3, -0.25) is 52.7 Å². The highest BCUT2D eigenvalue weighted by molar-refractivity contribution is 7.98. The van der Waals surface area contributed by atoms with Crippen molar-refractivity contribution >= 4 is 83.0 Å². The first-order valence-corrected chi connectivity index (χ1v) is 20.3. The Morgan fingerprint density at radius 1 is 0.484 bits per heavy atom. The van der Waals surface area contributed by atoms with Crippen LogP contribution in [0, 0.1) is 5.92 Å². The van der Waals surface area contributed by atoms with E-state index in [0.29, 0.717) is 0 Å². The lowest BCUT2D eigenvalue weighted by Gasteiger charge is -2.28. The van der Waals surface area contributed by atoms with E-state index in [-0.39, 0.29) is 12.2 Å². The van der Waals surface area contributed by atoms with Gasteiger partial charge in [0.2, 0.25) is 41.4 Å². The van der Waals surface area contributed by atoms with Crippen LogP contribution in [0.4, 0.5) is 0 Å². The monoisotopic (exact) mass is 908 g/mol. The number of aliphatic carboxylic acids is 5. The van der Waals surface area contributed by atoms with E-state index in [2.05, 4.69) is 31.9 Å². The Balaban J connectivity index is 6.33. The molecule has 62 heavy (non-hydrogen) atoms. The van der Waals surface area contributed by atoms with Crippen molar-refractivity contribution in [1.82, 2.24) is 37.2 Å². The number of nitrogens with one attached hydrogen (secondary N) is 7. The fourth-order valence-corrected chi connectivity index (χ4v) is 5.63. The second-order valence-corrected chi connectivity index (χ2v) is 15.2. The molecule has 350 valence electrons. The maximum atomic E-state index is 13.6. The molecule has 15 N–H and O–H groups in total. The summed E-state index contributed by atoms with van der Waals surface area (Å²) in [7, 11) is 0. The Bertz CT molecular complexity index is 1660. The largest absolute Gasteiger partial charge is 0.481 e. The lowest BCUT2D eigenvalue weighted by molar-refractivity contribution is -0.147. The van der Waals surface area contributed by atoms with Crippen LogP contribution in [0.5, 0.6) is 0 Å². The van der Waals surface area contributed by atoms with Crippen LogP contribution in [0.25, 0.3) is 0 Å². The van der Waals surface area contributed by atoms with Crippen LogP contribution in [0.2, 0.25) is 0 Å². The molecule has 0 aromatic heterocycles. The zero-order chi connectivity index (χ0) is 48.0. The Morgan fingerprint density at radius 3 is 1.29 bits per heavy atom. The first-order valence-electron chi connectivity index (χ1n) is 18.9. The number of thioether (sulfide) groups is 1. The number of aliphatic hydroxyl groups excluding tert-OH is 1. The van der Waals surface area contributed by atoms with Gasteiger partial charge in [-0.15, -0.1) is 0 Å². The summed E-state index contributed by atoms with van der Waals surface area (Å²) in [6.45, 7) is 5.14. The van der Waals surface area contributed by atoms with Crippen molar-refractivity contribution in [2.75, 3.05) is 12.0 Å². The number of rotatable bonds is 30. The summed E-state index contributed by atoms with van der Waals surface area (Å²) in [5, 5.41) is 71.5. The molecule has 0 saturated carbocycles. The standard InChI is InChI=1S/C35H56N8O18S/c1-14(2)26(33(58)41-21(35(60)61)13-25(51)52)42-32(57)19(7-9-23(47)48)40-30(55)18(6-8-22(45)46)39-31(56)20(10-11-62-5)38-28(53)15(3)37-34(59)27(16(4)44)43-29(54)17(36)12-24(49)50/h14-21,26-27,44H,6-13,36H2,1-5H3,(H,37,59)(H,38,53)(H,39,56)(H,40,55)(H,41,58)(H,42,57)(H,43,54)(H,45,46)(H,47,48)(H,49,50)(H,51,52)(H,60,61)/t15-,16+,17-,18-,19-,20-,21-,26-,27-/m0/s1. The number of aliphatic hydroxyl groups is 1. The van der Waals surface area contributed by atoms with E-state index in [1.54, 1.807) is 6.26 Å². The van der Waals surface area contributed by atoms with Gasteiger partial charge in [-0.2, -0.15) is 11.8 Å². The summed E-state index contributed by atoms with van der Waals surface area (Å²) in [4.78, 5) is 149. The number of hydrogen-bond donors (Lipinski definition) is 14. The van der Waals surface area contributed by atoms with Crippen molar-refractivity contribution in [3.63, 3.8) is 0 Å². The summed E-state index contributed by atoms with van der Waals surface area (Å²) < 4.78 is 0. The molecule has 0 bridgehead atoms. The number of carboxylic acid groups (broad SMARTS) is 5. The van der Waals surface area contributed by atoms with Crippen LogP contribution in [0.15, 0.2) is 0 Å². The molecule has 0 aromatic carbocycles. The zero-order valence-corrected chi connectivity index (χ0v) is 35.3. The zero-order valence-electron chi connectivity index (χ0n) is 34.5. The average molecular weight is 909 g/mol. The third-order valence-electron chi connectivity index (χ3n) is 8.59. The Morgan fingerprint density at radius 2 is 0.887 bits per heavy atom. The highest BCUT2D eigenvalue weighted by Gasteiger charge is 2.35. The minimum Gasteiger partial charge on any atom is -0.481 e. The molecule has 0 spiro atoms. The van der Waals surface area contributed by atoms with Crippen LogP contribution in [0.1, 0.15) is 72.6 Å². The first-order chi connectivity index (χ1) is 28.7. The second kappa shape index (κ2) is 27.7. The van der Waals surface area contributed by atoms with Gasteiger partial charge in [0.25, 0.3) is 0 Å². The summed E-state index contributed by atoms with van der Waals surface area (Å²) >= 11 is 1.24. The number of carboxylic acids is 5.